The molecule has 0 saturated carbocycles. The second-order valence-electron chi connectivity index (χ2n) is 5.51. The van der Waals surface area contributed by atoms with Gasteiger partial charge in [0.1, 0.15) is 0 Å². The highest BCUT2D eigenvalue weighted by atomic mass is 16.2. The van der Waals surface area contributed by atoms with Crippen molar-refractivity contribution < 1.29 is 9.59 Å². The monoisotopic (exact) mass is 290 g/mol. The van der Waals surface area contributed by atoms with E-state index in [2.05, 4.69) is 17.6 Å². The van der Waals surface area contributed by atoms with Crippen LogP contribution in [0.3, 0.4) is 0 Å². The van der Waals surface area contributed by atoms with Crippen molar-refractivity contribution in [1.29, 1.82) is 0 Å². The Morgan fingerprint density at radius 1 is 1.38 bits per heavy atom. The lowest BCUT2D eigenvalue weighted by Gasteiger charge is -2.32. The van der Waals surface area contributed by atoms with Gasteiger partial charge in [-0.15, -0.1) is 0 Å². The van der Waals surface area contributed by atoms with Crippen LogP contribution < -0.4 is 16.4 Å². The predicted molar refractivity (Wildman–Crippen MR) is 81.9 cm³/mol. The van der Waals surface area contributed by atoms with Gasteiger partial charge in [0.25, 0.3) is 0 Å². The smallest absolute Gasteiger partial charge is 0.316 e. The van der Waals surface area contributed by atoms with Crippen molar-refractivity contribution in [3.63, 3.8) is 0 Å². The van der Waals surface area contributed by atoms with E-state index in [9.17, 15) is 9.59 Å². The third kappa shape index (κ3) is 4.19. The number of nitrogens with one attached hydrogen (secondary N) is 2. The number of anilines is 1. The summed E-state index contributed by atoms with van der Waals surface area (Å²) in [7, 11) is 1.84. The summed E-state index contributed by atoms with van der Waals surface area (Å²) in [5.41, 5.74) is 6.89. The lowest BCUT2D eigenvalue weighted by molar-refractivity contribution is -0.132. The predicted octanol–water partition coefficient (Wildman–Crippen LogP) is 1.45. The fourth-order valence-electron chi connectivity index (χ4n) is 2.60. The molecule has 1 aromatic carbocycles. The van der Waals surface area contributed by atoms with E-state index in [1.807, 2.05) is 31.3 Å². The molecule has 1 fully saturated rings. The van der Waals surface area contributed by atoms with E-state index in [0.29, 0.717) is 18.2 Å². The zero-order chi connectivity index (χ0) is 15.4. The summed E-state index contributed by atoms with van der Waals surface area (Å²) in [6.07, 6.45) is 1.47. The van der Waals surface area contributed by atoms with Crippen molar-refractivity contribution in [2.24, 2.45) is 5.73 Å². The Morgan fingerprint density at radius 2 is 2.05 bits per heavy atom. The van der Waals surface area contributed by atoms with Gasteiger partial charge in [0.05, 0.1) is 0 Å². The number of amides is 3. The quantitative estimate of drug-likeness (QED) is 0.784. The normalized spacial score (nSPS) is 20.2. The number of piperidine rings is 1. The van der Waals surface area contributed by atoms with Crippen LogP contribution in [-0.2, 0) is 4.79 Å². The molecular weight excluding hydrogens is 268 g/mol. The van der Waals surface area contributed by atoms with Crippen molar-refractivity contribution in [3.8, 4) is 0 Å². The lowest BCUT2D eigenvalue weighted by atomic mass is 10.0. The minimum Gasteiger partial charge on any atom is -0.351 e. The molecule has 1 aliphatic rings. The van der Waals surface area contributed by atoms with Crippen LogP contribution in [0.1, 0.15) is 31.4 Å². The Labute approximate surface area is 124 Å². The zero-order valence-corrected chi connectivity index (χ0v) is 12.4. The Balaban J connectivity index is 1.92. The summed E-state index contributed by atoms with van der Waals surface area (Å²) >= 11 is 0. The first-order valence-electron chi connectivity index (χ1n) is 7.12. The van der Waals surface area contributed by atoms with Gasteiger partial charge in [0.15, 0.2) is 0 Å². The molecular formula is C15H22N4O2. The maximum atomic E-state index is 11.5. The summed E-state index contributed by atoms with van der Waals surface area (Å²) in [6, 6.07) is 7.50. The van der Waals surface area contributed by atoms with E-state index >= 15 is 0 Å². The number of carbonyl (C=O) groups is 2. The number of nitrogens with two attached hydrogens (primary N) is 1. The molecule has 1 aromatic rings. The molecule has 114 valence electrons. The summed E-state index contributed by atoms with van der Waals surface area (Å²) in [5.74, 6) is 0.211. The molecule has 0 aromatic heterocycles. The summed E-state index contributed by atoms with van der Waals surface area (Å²) in [6.45, 7) is 2.83. The van der Waals surface area contributed by atoms with Gasteiger partial charge in [0.2, 0.25) is 5.91 Å². The van der Waals surface area contributed by atoms with Gasteiger partial charge in [-0.2, -0.15) is 0 Å². The Hall–Kier alpha value is -2.08. The minimum atomic E-state index is -0.566. The highest BCUT2D eigenvalue weighted by molar-refractivity contribution is 5.87. The van der Waals surface area contributed by atoms with Crippen LogP contribution in [0.25, 0.3) is 0 Å². The van der Waals surface area contributed by atoms with Crippen molar-refractivity contribution in [3.05, 3.63) is 29.8 Å². The molecule has 0 bridgehead atoms. The number of carbonyl (C=O) groups excluding carboxylic acids is 2. The van der Waals surface area contributed by atoms with Crippen molar-refractivity contribution in [2.45, 2.75) is 31.8 Å². The number of likely N-dealkylation sites (N-methyl/N-ethyl adjacent to an activating group) is 1. The van der Waals surface area contributed by atoms with Crippen molar-refractivity contribution in [1.82, 2.24) is 10.2 Å². The molecule has 21 heavy (non-hydrogen) atoms. The molecule has 2 atom stereocenters. The third-order valence-electron chi connectivity index (χ3n) is 3.79. The van der Waals surface area contributed by atoms with E-state index < -0.39 is 6.03 Å². The van der Waals surface area contributed by atoms with Gasteiger partial charge in [-0.1, -0.05) is 12.1 Å². The first-order valence-corrected chi connectivity index (χ1v) is 7.12. The molecule has 1 aliphatic heterocycles. The van der Waals surface area contributed by atoms with Crippen LogP contribution in [0.2, 0.25) is 0 Å². The molecule has 6 nitrogen and oxygen atoms in total. The number of nitrogens with zero attached hydrogens (tertiary/aromatic N) is 1. The topological polar surface area (TPSA) is 87.5 Å². The molecule has 3 amide bonds. The van der Waals surface area contributed by atoms with Crippen LogP contribution in [0.5, 0.6) is 0 Å². The Kier molecular flexibility index (Phi) is 4.80. The molecule has 2 unspecified atom stereocenters. The average molecular weight is 290 g/mol. The summed E-state index contributed by atoms with van der Waals surface area (Å²) in [4.78, 5) is 24.0. The molecule has 2 rings (SSSR count). The fraction of sp³-hybridized carbons (Fsp3) is 0.467. The molecule has 0 aliphatic carbocycles. The molecule has 6 heteroatoms. The third-order valence-corrected chi connectivity index (χ3v) is 3.79. The van der Waals surface area contributed by atoms with Crippen LogP contribution >= 0.6 is 0 Å². The van der Waals surface area contributed by atoms with Gasteiger partial charge in [0, 0.05) is 37.8 Å². The highest BCUT2D eigenvalue weighted by Gasteiger charge is 2.23. The van der Waals surface area contributed by atoms with Crippen molar-refractivity contribution in [2.75, 3.05) is 18.9 Å². The van der Waals surface area contributed by atoms with E-state index in [0.717, 1.165) is 18.5 Å². The number of primary amides is 1. The second-order valence-corrected chi connectivity index (χ2v) is 5.51. The zero-order valence-electron chi connectivity index (χ0n) is 12.4. The Bertz CT molecular complexity index is 515. The van der Waals surface area contributed by atoms with Crippen molar-refractivity contribution >= 4 is 17.6 Å². The summed E-state index contributed by atoms with van der Waals surface area (Å²) < 4.78 is 0. The first-order chi connectivity index (χ1) is 9.95. The largest absolute Gasteiger partial charge is 0.351 e. The number of hydrogen-bond acceptors (Lipinski definition) is 3. The number of benzene rings is 1. The van der Waals surface area contributed by atoms with Gasteiger partial charge in [-0.3, -0.25) is 4.79 Å². The number of hydrogen-bond donors (Lipinski definition) is 3. The number of likely N-dealkylation sites (tertiary alicyclic amines) is 1. The van der Waals surface area contributed by atoms with E-state index in [1.54, 1.807) is 4.90 Å². The van der Waals surface area contributed by atoms with E-state index in [4.69, 9.17) is 5.73 Å². The van der Waals surface area contributed by atoms with Gasteiger partial charge in [-0.05, 0) is 31.0 Å². The van der Waals surface area contributed by atoms with E-state index in [-0.39, 0.29) is 11.9 Å². The maximum absolute atomic E-state index is 11.5. The molecule has 0 radical (unpaired) electrons. The fourth-order valence-corrected chi connectivity index (χ4v) is 2.60. The minimum absolute atomic E-state index is 0.180. The lowest BCUT2D eigenvalue weighted by Crippen LogP contribution is -2.47. The van der Waals surface area contributed by atoms with Crippen LogP contribution in [0.15, 0.2) is 24.3 Å². The Morgan fingerprint density at radius 3 is 2.62 bits per heavy atom. The highest BCUT2D eigenvalue weighted by Crippen LogP contribution is 2.19. The summed E-state index contributed by atoms with van der Waals surface area (Å²) in [5, 5.41) is 6.08. The standard InChI is InChI=1S/C15H22N4O2/c1-10(17-13-7-8-14(20)19(2)9-13)11-3-5-12(6-4-11)18-15(16)21/h3-6,10,13,17H,7-9H2,1-2H3,(H3,16,18,21). The maximum Gasteiger partial charge on any atom is 0.316 e. The van der Waals surface area contributed by atoms with Gasteiger partial charge in [-0.25, -0.2) is 4.79 Å². The SMILES string of the molecule is CC(NC1CCC(=O)N(C)C1)c1ccc(NC(N)=O)cc1. The van der Waals surface area contributed by atoms with Crippen LogP contribution in [0.4, 0.5) is 10.5 Å². The van der Waals surface area contributed by atoms with E-state index in [1.165, 1.54) is 0 Å². The van der Waals surface area contributed by atoms with Crippen LogP contribution in [0, 0.1) is 0 Å². The number of urea groups is 1. The van der Waals surface area contributed by atoms with Crippen LogP contribution in [-0.4, -0.2) is 36.5 Å². The number of rotatable bonds is 4. The molecule has 1 saturated heterocycles. The molecule has 0 spiro atoms. The van der Waals surface area contributed by atoms with Gasteiger partial charge >= 0.3 is 6.03 Å². The first kappa shape index (κ1) is 15.3. The molecule has 1 heterocycles. The molecule has 4 N–H and O–H groups in total. The average Bonchev–Trinajstić information content (AvgIpc) is 2.43. The van der Waals surface area contributed by atoms with Gasteiger partial charge < -0.3 is 21.3 Å². The second kappa shape index (κ2) is 6.58.